The Bertz CT molecular complexity index is 610. The molecule has 0 spiro atoms. The first-order valence-electron chi connectivity index (χ1n) is 4.43. The van der Waals surface area contributed by atoms with E-state index in [0.29, 0.717) is 20.2 Å². The predicted molar refractivity (Wildman–Crippen MR) is 61.9 cm³/mol. The molecule has 3 aromatic rings. The summed E-state index contributed by atoms with van der Waals surface area (Å²) >= 11 is 2.54. The molecule has 2 aromatic heterocycles. The molecule has 15 heavy (non-hydrogen) atoms. The first-order chi connectivity index (χ1) is 7.18. The normalized spacial score (nSPS) is 11.7. The van der Waals surface area contributed by atoms with E-state index < -0.39 is 0 Å². The van der Waals surface area contributed by atoms with Gasteiger partial charge < -0.3 is 0 Å². The highest BCUT2D eigenvalue weighted by Gasteiger charge is 2.16. The van der Waals surface area contributed by atoms with Crippen LogP contribution in [-0.4, -0.2) is 0 Å². The van der Waals surface area contributed by atoms with Gasteiger partial charge in [-0.05, 0) is 24.4 Å². The largest absolute Gasteiger partial charge is 0.205 e. The predicted octanol–water partition coefficient (Wildman–Crippen LogP) is 4.70. The molecule has 0 atom stereocenters. The highest BCUT2D eigenvalue weighted by molar-refractivity contribution is 7.20. The first kappa shape index (κ1) is 9.24. The molecule has 0 aliphatic heterocycles. The summed E-state index contributed by atoms with van der Waals surface area (Å²) in [6.45, 7) is 1.86. The van der Waals surface area contributed by atoms with Gasteiger partial charge in [0, 0.05) is 15.6 Å². The zero-order chi connectivity index (χ0) is 10.6. The fourth-order valence-electron chi connectivity index (χ4n) is 1.74. The quantitative estimate of drug-likeness (QED) is 0.534. The summed E-state index contributed by atoms with van der Waals surface area (Å²) in [5, 5.41) is 2.52. The number of thiophene rings is 2. The molecular weight excluding hydrogens is 234 g/mol. The topological polar surface area (TPSA) is 0 Å². The second-order valence-corrected chi connectivity index (χ2v) is 5.56. The van der Waals surface area contributed by atoms with Gasteiger partial charge in [0.2, 0.25) is 0 Å². The SMILES string of the molecule is Cc1cc2c(F)c3sccc3c(F)c2s1. The van der Waals surface area contributed by atoms with Crippen LogP contribution in [0.1, 0.15) is 4.88 Å². The number of rotatable bonds is 0. The Morgan fingerprint density at radius 2 is 1.80 bits per heavy atom. The average molecular weight is 240 g/mol. The van der Waals surface area contributed by atoms with E-state index in [9.17, 15) is 8.78 Å². The molecule has 0 radical (unpaired) electrons. The zero-order valence-corrected chi connectivity index (χ0v) is 9.44. The molecule has 0 amide bonds. The Labute approximate surface area is 92.8 Å². The third kappa shape index (κ3) is 1.15. The van der Waals surface area contributed by atoms with Gasteiger partial charge in [0.05, 0.1) is 9.40 Å². The Balaban J connectivity index is 2.67. The second-order valence-electron chi connectivity index (χ2n) is 3.39. The van der Waals surface area contributed by atoms with Crippen molar-refractivity contribution < 1.29 is 8.78 Å². The monoisotopic (exact) mass is 240 g/mol. The van der Waals surface area contributed by atoms with Crippen LogP contribution in [0.5, 0.6) is 0 Å². The van der Waals surface area contributed by atoms with Crippen molar-refractivity contribution >= 4 is 42.8 Å². The first-order valence-corrected chi connectivity index (χ1v) is 6.12. The number of halogens is 2. The average Bonchev–Trinajstić information content (AvgIpc) is 2.79. The van der Waals surface area contributed by atoms with Crippen LogP contribution in [0.4, 0.5) is 8.78 Å². The van der Waals surface area contributed by atoms with Gasteiger partial charge in [0.1, 0.15) is 11.6 Å². The summed E-state index contributed by atoms with van der Waals surface area (Å²) in [6, 6.07) is 3.34. The molecular formula is C11H6F2S2. The zero-order valence-electron chi connectivity index (χ0n) is 7.80. The Kier molecular flexibility index (Phi) is 1.85. The molecule has 4 heteroatoms. The van der Waals surface area contributed by atoms with Crippen LogP contribution in [0.15, 0.2) is 17.5 Å². The molecule has 0 aliphatic carbocycles. The van der Waals surface area contributed by atoms with Crippen molar-refractivity contribution in [3.05, 3.63) is 34.0 Å². The molecule has 0 fully saturated rings. The van der Waals surface area contributed by atoms with Gasteiger partial charge in [-0.2, -0.15) is 0 Å². The van der Waals surface area contributed by atoms with Crippen LogP contribution in [-0.2, 0) is 0 Å². The van der Waals surface area contributed by atoms with E-state index in [1.54, 1.807) is 17.5 Å². The summed E-state index contributed by atoms with van der Waals surface area (Å²) in [6.07, 6.45) is 0. The number of hydrogen-bond donors (Lipinski definition) is 0. The van der Waals surface area contributed by atoms with E-state index in [0.717, 1.165) is 4.88 Å². The molecule has 0 saturated carbocycles. The lowest BCUT2D eigenvalue weighted by atomic mass is 10.2. The molecule has 2 heterocycles. The summed E-state index contributed by atoms with van der Waals surface area (Å²) in [5.41, 5.74) is 0. The minimum atomic E-state index is -0.291. The maximum Gasteiger partial charge on any atom is 0.149 e. The van der Waals surface area contributed by atoms with Crippen molar-refractivity contribution in [2.45, 2.75) is 6.92 Å². The molecule has 0 bridgehead atoms. The van der Waals surface area contributed by atoms with Gasteiger partial charge in [-0.15, -0.1) is 22.7 Å². The number of fused-ring (bicyclic) bond motifs is 2. The molecule has 3 rings (SSSR count). The Hall–Kier alpha value is -1.00. The summed E-state index contributed by atoms with van der Waals surface area (Å²) in [4.78, 5) is 0.931. The van der Waals surface area contributed by atoms with Crippen LogP contribution in [0.3, 0.4) is 0 Å². The van der Waals surface area contributed by atoms with Gasteiger partial charge in [-0.1, -0.05) is 0 Å². The van der Waals surface area contributed by atoms with E-state index in [1.165, 1.54) is 22.7 Å². The fraction of sp³-hybridized carbons (Fsp3) is 0.0909. The highest BCUT2D eigenvalue weighted by atomic mass is 32.1. The van der Waals surface area contributed by atoms with E-state index in [4.69, 9.17) is 0 Å². The van der Waals surface area contributed by atoms with E-state index in [-0.39, 0.29) is 11.6 Å². The van der Waals surface area contributed by atoms with Gasteiger partial charge in [-0.3, -0.25) is 0 Å². The standard InChI is InChI=1S/C11H6F2S2/c1-5-4-7-9(13)10-6(2-3-14-10)8(12)11(7)15-5/h2-4H,1H3. The molecule has 0 aliphatic rings. The van der Waals surface area contributed by atoms with Crippen LogP contribution in [0.25, 0.3) is 20.2 Å². The van der Waals surface area contributed by atoms with Gasteiger partial charge in [0.15, 0.2) is 0 Å². The van der Waals surface area contributed by atoms with Crippen molar-refractivity contribution in [2.24, 2.45) is 0 Å². The number of hydrogen-bond acceptors (Lipinski definition) is 2. The molecule has 0 unspecified atom stereocenters. The third-order valence-electron chi connectivity index (χ3n) is 2.39. The molecule has 0 N–H and O–H groups in total. The molecule has 0 saturated heterocycles. The third-order valence-corrected chi connectivity index (χ3v) is 4.34. The van der Waals surface area contributed by atoms with Crippen molar-refractivity contribution in [2.75, 3.05) is 0 Å². The molecule has 0 nitrogen and oxygen atoms in total. The Morgan fingerprint density at radius 1 is 1.07 bits per heavy atom. The summed E-state index contributed by atoms with van der Waals surface area (Å²) in [7, 11) is 0. The van der Waals surface area contributed by atoms with Crippen LogP contribution >= 0.6 is 22.7 Å². The van der Waals surface area contributed by atoms with Gasteiger partial charge in [0.25, 0.3) is 0 Å². The minimum Gasteiger partial charge on any atom is -0.205 e. The lowest BCUT2D eigenvalue weighted by Crippen LogP contribution is -1.81. The molecule has 1 aromatic carbocycles. The maximum atomic E-state index is 13.9. The van der Waals surface area contributed by atoms with Gasteiger partial charge >= 0.3 is 0 Å². The van der Waals surface area contributed by atoms with Crippen LogP contribution in [0, 0.1) is 18.6 Å². The lowest BCUT2D eigenvalue weighted by Gasteiger charge is -1.97. The summed E-state index contributed by atoms with van der Waals surface area (Å²) in [5.74, 6) is -0.582. The number of benzene rings is 1. The smallest absolute Gasteiger partial charge is 0.149 e. The van der Waals surface area contributed by atoms with E-state index in [1.807, 2.05) is 6.92 Å². The van der Waals surface area contributed by atoms with E-state index in [2.05, 4.69) is 0 Å². The van der Waals surface area contributed by atoms with Crippen LogP contribution < -0.4 is 0 Å². The fourth-order valence-corrected chi connectivity index (χ4v) is 3.53. The van der Waals surface area contributed by atoms with Gasteiger partial charge in [-0.25, -0.2) is 8.78 Å². The van der Waals surface area contributed by atoms with E-state index >= 15 is 0 Å². The highest BCUT2D eigenvalue weighted by Crippen LogP contribution is 2.37. The second kappa shape index (κ2) is 3.00. The number of aryl methyl sites for hydroxylation is 1. The van der Waals surface area contributed by atoms with Crippen molar-refractivity contribution in [1.29, 1.82) is 0 Å². The van der Waals surface area contributed by atoms with Crippen LogP contribution in [0.2, 0.25) is 0 Å². The lowest BCUT2D eigenvalue weighted by molar-refractivity contribution is 0.638. The Morgan fingerprint density at radius 3 is 2.60 bits per heavy atom. The minimum absolute atomic E-state index is 0.291. The van der Waals surface area contributed by atoms with Crippen molar-refractivity contribution in [3.8, 4) is 0 Å². The van der Waals surface area contributed by atoms with Crippen molar-refractivity contribution in [1.82, 2.24) is 0 Å². The maximum absolute atomic E-state index is 13.9. The van der Waals surface area contributed by atoms with Crippen molar-refractivity contribution in [3.63, 3.8) is 0 Å². The molecule has 76 valence electrons. The summed E-state index contributed by atoms with van der Waals surface area (Å²) < 4.78 is 28.7.